The van der Waals surface area contributed by atoms with Crippen LogP contribution in [-0.4, -0.2) is 26.0 Å². The van der Waals surface area contributed by atoms with Gasteiger partial charge < -0.3 is 11.5 Å². The molecule has 0 saturated heterocycles. The van der Waals surface area contributed by atoms with Crippen molar-refractivity contribution in [2.45, 2.75) is 32.4 Å². The summed E-state index contributed by atoms with van der Waals surface area (Å²) in [6.07, 6.45) is 5.96. The first-order valence-electron chi connectivity index (χ1n) is 11.2. The predicted molar refractivity (Wildman–Crippen MR) is 138 cm³/mol. The monoisotopic (exact) mass is 466 g/mol. The molecule has 5 rings (SSSR count). The standard InChI is InChI=1S/C27H26N6S/c1-16-20(9-6-12-31-16)22-17(2)34-26-24(22)32-27(19-10-13-30-14-11-19)33-25(26)23(29)21(28)15-18-7-4-3-5-8-18/h3-14,21,23H,15,28-29H2,1-2H3. The van der Waals surface area contributed by atoms with Crippen LogP contribution >= 0.6 is 11.3 Å². The molecule has 0 aliphatic heterocycles. The lowest BCUT2D eigenvalue weighted by Crippen LogP contribution is -2.36. The van der Waals surface area contributed by atoms with Crippen LogP contribution in [0.5, 0.6) is 0 Å². The van der Waals surface area contributed by atoms with Crippen molar-refractivity contribution in [2.75, 3.05) is 0 Å². The first-order valence-corrected chi connectivity index (χ1v) is 12.0. The van der Waals surface area contributed by atoms with E-state index in [2.05, 4.69) is 35.1 Å². The molecule has 7 heteroatoms. The fourth-order valence-electron chi connectivity index (χ4n) is 4.25. The molecule has 4 N–H and O–H groups in total. The Bertz CT molecular complexity index is 1430. The maximum atomic E-state index is 6.79. The number of aromatic nitrogens is 4. The number of nitrogens with zero attached hydrogens (tertiary/aromatic N) is 4. The van der Waals surface area contributed by atoms with Crippen molar-refractivity contribution in [1.29, 1.82) is 0 Å². The normalized spacial score (nSPS) is 13.2. The van der Waals surface area contributed by atoms with E-state index in [-0.39, 0.29) is 6.04 Å². The largest absolute Gasteiger partial charge is 0.326 e. The third-order valence-corrected chi connectivity index (χ3v) is 7.16. The van der Waals surface area contributed by atoms with Gasteiger partial charge in [0, 0.05) is 51.9 Å². The van der Waals surface area contributed by atoms with E-state index in [0.717, 1.165) is 48.7 Å². The van der Waals surface area contributed by atoms with E-state index in [1.807, 2.05) is 49.5 Å². The molecule has 1 aromatic carbocycles. The van der Waals surface area contributed by atoms with E-state index in [9.17, 15) is 0 Å². The Hall–Kier alpha value is -3.52. The summed E-state index contributed by atoms with van der Waals surface area (Å²) in [6, 6.07) is 17.3. The molecule has 170 valence electrons. The van der Waals surface area contributed by atoms with Gasteiger partial charge in [0.15, 0.2) is 5.82 Å². The topological polar surface area (TPSA) is 104 Å². The first kappa shape index (κ1) is 22.3. The molecule has 0 spiro atoms. The van der Waals surface area contributed by atoms with Crippen molar-refractivity contribution in [2.24, 2.45) is 11.5 Å². The predicted octanol–water partition coefficient (Wildman–Crippen LogP) is 5.00. The summed E-state index contributed by atoms with van der Waals surface area (Å²) < 4.78 is 0.976. The highest BCUT2D eigenvalue weighted by Gasteiger charge is 2.26. The smallest absolute Gasteiger partial charge is 0.160 e. The van der Waals surface area contributed by atoms with E-state index in [1.54, 1.807) is 23.7 Å². The van der Waals surface area contributed by atoms with Crippen LogP contribution < -0.4 is 11.5 Å². The lowest BCUT2D eigenvalue weighted by molar-refractivity contribution is 0.537. The summed E-state index contributed by atoms with van der Waals surface area (Å²) in [5.41, 5.74) is 20.2. The SMILES string of the molecule is Cc1ncccc1-c1c(C)sc2c(C(N)C(N)Cc3ccccc3)nc(-c3ccncc3)nc12. The molecule has 4 heterocycles. The second-order valence-electron chi connectivity index (χ2n) is 8.40. The maximum absolute atomic E-state index is 6.79. The highest BCUT2D eigenvalue weighted by Crippen LogP contribution is 2.41. The highest BCUT2D eigenvalue weighted by molar-refractivity contribution is 7.19. The van der Waals surface area contributed by atoms with E-state index in [0.29, 0.717) is 12.2 Å². The fraction of sp³-hybridized carbons (Fsp3) is 0.185. The molecule has 0 amide bonds. The van der Waals surface area contributed by atoms with Gasteiger partial charge in [-0.3, -0.25) is 9.97 Å². The van der Waals surface area contributed by atoms with Gasteiger partial charge >= 0.3 is 0 Å². The van der Waals surface area contributed by atoms with Gasteiger partial charge in [-0.2, -0.15) is 0 Å². The summed E-state index contributed by atoms with van der Waals surface area (Å²) >= 11 is 1.66. The zero-order chi connectivity index (χ0) is 23.7. The highest BCUT2D eigenvalue weighted by atomic mass is 32.1. The zero-order valence-corrected chi connectivity index (χ0v) is 20.0. The van der Waals surface area contributed by atoms with Crippen LogP contribution in [-0.2, 0) is 6.42 Å². The van der Waals surface area contributed by atoms with Crippen LogP contribution in [0, 0.1) is 13.8 Å². The van der Waals surface area contributed by atoms with Crippen molar-refractivity contribution < 1.29 is 0 Å². The van der Waals surface area contributed by atoms with Gasteiger partial charge in [0.25, 0.3) is 0 Å². The molecule has 0 fully saturated rings. The van der Waals surface area contributed by atoms with Crippen LogP contribution in [0.3, 0.4) is 0 Å². The Kier molecular flexibility index (Phi) is 6.15. The van der Waals surface area contributed by atoms with E-state index >= 15 is 0 Å². The molecule has 4 aromatic heterocycles. The molecular formula is C27H26N6S. The molecule has 5 aromatic rings. The van der Waals surface area contributed by atoms with Crippen LogP contribution in [0.2, 0.25) is 0 Å². The number of hydrogen-bond donors (Lipinski definition) is 2. The second-order valence-corrected chi connectivity index (χ2v) is 9.62. The van der Waals surface area contributed by atoms with Gasteiger partial charge in [0.2, 0.25) is 0 Å². The van der Waals surface area contributed by atoms with Crippen molar-refractivity contribution in [3.63, 3.8) is 0 Å². The minimum atomic E-state index is -0.452. The molecule has 0 radical (unpaired) electrons. The molecule has 0 bridgehead atoms. The summed E-state index contributed by atoms with van der Waals surface area (Å²) in [5.74, 6) is 0.618. The van der Waals surface area contributed by atoms with Gasteiger partial charge in [-0.25, -0.2) is 9.97 Å². The van der Waals surface area contributed by atoms with Crippen molar-refractivity contribution >= 4 is 21.6 Å². The van der Waals surface area contributed by atoms with Gasteiger partial charge in [-0.15, -0.1) is 11.3 Å². The second kappa shape index (κ2) is 9.38. The third kappa shape index (κ3) is 4.21. The van der Waals surface area contributed by atoms with E-state index in [4.69, 9.17) is 21.4 Å². The molecule has 6 nitrogen and oxygen atoms in total. The lowest BCUT2D eigenvalue weighted by atomic mass is 9.97. The number of pyridine rings is 2. The molecular weight excluding hydrogens is 440 g/mol. The fourth-order valence-corrected chi connectivity index (χ4v) is 5.39. The van der Waals surface area contributed by atoms with Crippen molar-refractivity contribution in [3.05, 3.63) is 95.0 Å². The van der Waals surface area contributed by atoms with Crippen LogP contribution in [0.15, 0.2) is 73.2 Å². The van der Waals surface area contributed by atoms with E-state index < -0.39 is 6.04 Å². The Balaban J connectivity index is 1.69. The Labute approximate surface area is 202 Å². The Morgan fingerprint density at radius 3 is 2.38 bits per heavy atom. The van der Waals surface area contributed by atoms with Crippen LogP contribution in [0.25, 0.3) is 32.7 Å². The van der Waals surface area contributed by atoms with Gasteiger partial charge in [0.1, 0.15) is 0 Å². The number of rotatable bonds is 6. The van der Waals surface area contributed by atoms with Crippen LogP contribution in [0.1, 0.15) is 27.9 Å². The molecule has 0 saturated carbocycles. The maximum Gasteiger partial charge on any atom is 0.160 e. The lowest BCUT2D eigenvalue weighted by Gasteiger charge is -2.21. The minimum Gasteiger partial charge on any atom is -0.326 e. The third-order valence-electron chi connectivity index (χ3n) is 6.04. The molecule has 0 aliphatic carbocycles. The van der Waals surface area contributed by atoms with Gasteiger partial charge in [-0.1, -0.05) is 36.4 Å². The zero-order valence-electron chi connectivity index (χ0n) is 19.1. The number of nitrogens with two attached hydrogens (primary N) is 2. The number of benzene rings is 1. The Morgan fingerprint density at radius 1 is 0.882 bits per heavy atom. The average Bonchev–Trinajstić information content (AvgIpc) is 3.20. The van der Waals surface area contributed by atoms with Crippen LogP contribution in [0.4, 0.5) is 0 Å². The molecule has 2 atom stereocenters. The minimum absolute atomic E-state index is 0.295. The quantitative estimate of drug-likeness (QED) is 0.365. The van der Waals surface area contributed by atoms with E-state index in [1.165, 1.54) is 0 Å². The molecule has 34 heavy (non-hydrogen) atoms. The molecule has 0 aliphatic rings. The number of thiophene rings is 1. The van der Waals surface area contributed by atoms with Gasteiger partial charge in [-0.05, 0) is 44.0 Å². The summed E-state index contributed by atoms with van der Waals surface area (Å²) in [6.45, 7) is 4.13. The average molecular weight is 467 g/mol. The van der Waals surface area contributed by atoms with Crippen molar-refractivity contribution in [3.8, 4) is 22.5 Å². The molecule has 2 unspecified atom stereocenters. The Morgan fingerprint density at radius 2 is 1.65 bits per heavy atom. The number of aryl methyl sites for hydroxylation is 2. The van der Waals surface area contributed by atoms with Crippen molar-refractivity contribution in [1.82, 2.24) is 19.9 Å². The summed E-state index contributed by atoms with van der Waals surface area (Å²) in [5, 5.41) is 0. The summed E-state index contributed by atoms with van der Waals surface area (Å²) in [4.78, 5) is 19.8. The summed E-state index contributed by atoms with van der Waals surface area (Å²) in [7, 11) is 0. The van der Waals surface area contributed by atoms with Gasteiger partial charge in [0.05, 0.1) is 22.0 Å². The first-order chi connectivity index (χ1) is 16.5. The number of fused-ring (bicyclic) bond motifs is 1. The number of hydrogen-bond acceptors (Lipinski definition) is 7.